The lowest BCUT2D eigenvalue weighted by molar-refractivity contribution is 0.0956. The normalized spacial score (nSPS) is 9.80. The first kappa shape index (κ1) is 19.1. The summed E-state index contributed by atoms with van der Waals surface area (Å²) in [5.74, 6) is -0.570. The van der Waals surface area contributed by atoms with Gasteiger partial charge in [-0.1, -0.05) is 24.3 Å². The largest absolute Gasteiger partial charge is 0.349 e. The fourth-order valence-electron chi connectivity index (χ4n) is 2.01. The van der Waals surface area contributed by atoms with Gasteiger partial charge < -0.3 is 10.6 Å². The van der Waals surface area contributed by atoms with Gasteiger partial charge in [0.1, 0.15) is 0 Å². The van der Waals surface area contributed by atoms with E-state index in [0.29, 0.717) is 23.4 Å². The summed E-state index contributed by atoms with van der Waals surface area (Å²) in [4.78, 5) is 24.4. The Morgan fingerprint density at radius 2 is 1.88 bits per heavy atom. The molecule has 0 saturated carbocycles. The van der Waals surface area contributed by atoms with Crippen molar-refractivity contribution in [3.8, 4) is 0 Å². The standard InChI is InChI=1S/C18H16IN3O2S/c1-2-10-20-17(24)14-8-3-4-9-15(14)21-18(25)22-16(23)12-6-5-7-13(19)11-12/h2-9,11H,1,10H2,(H,20,24)(H2,21,22,23,25). The molecule has 0 aromatic heterocycles. The molecule has 0 aliphatic heterocycles. The van der Waals surface area contributed by atoms with Gasteiger partial charge in [-0.2, -0.15) is 0 Å². The van der Waals surface area contributed by atoms with Gasteiger partial charge in [-0.15, -0.1) is 6.58 Å². The molecule has 5 nitrogen and oxygen atoms in total. The predicted octanol–water partition coefficient (Wildman–Crippen LogP) is 3.33. The highest BCUT2D eigenvalue weighted by Gasteiger charge is 2.13. The third-order valence-electron chi connectivity index (χ3n) is 3.14. The first-order valence-corrected chi connectivity index (χ1v) is 8.86. The summed E-state index contributed by atoms with van der Waals surface area (Å²) < 4.78 is 0.952. The fraction of sp³-hybridized carbons (Fsp3) is 0.0556. The Bertz CT molecular complexity index is 823. The Balaban J connectivity index is 2.06. The first-order valence-electron chi connectivity index (χ1n) is 7.37. The lowest BCUT2D eigenvalue weighted by Gasteiger charge is -2.13. The average Bonchev–Trinajstić information content (AvgIpc) is 2.60. The molecule has 0 unspecified atom stereocenters. The summed E-state index contributed by atoms with van der Waals surface area (Å²) in [6.07, 6.45) is 1.60. The minimum Gasteiger partial charge on any atom is -0.349 e. The molecule has 0 heterocycles. The number of amides is 2. The minimum atomic E-state index is -0.315. The van der Waals surface area contributed by atoms with Crippen LogP contribution in [0.3, 0.4) is 0 Å². The van der Waals surface area contributed by atoms with Crippen LogP contribution in [0.5, 0.6) is 0 Å². The van der Waals surface area contributed by atoms with Crippen molar-refractivity contribution in [2.24, 2.45) is 0 Å². The molecule has 2 amide bonds. The average molecular weight is 465 g/mol. The molecule has 3 N–H and O–H groups in total. The number of hydrogen-bond acceptors (Lipinski definition) is 3. The van der Waals surface area contributed by atoms with Gasteiger partial charge in [0.25, 0.3) is 11.8 Å². The third-order valence-corrected chi connectivity index (χ3v) is 4.02. The van der Waals surface area contributed by atoms with Crippen molar-refractivity contribution >= 4 is 57.4 Å². The maximum absolute atomic E-state index is 12.2. The van der Waals surface area contributed by atoms with E-state index in [2.05, 4.69) is 45.1 Å². The summed E-state index contributed by atoms with van der Waals surface area (Å²) in [6, 6.07) is 14.1. The Morgan fingerprint density at radius 3 is 2.60 bits per heavy atom. The highest BCUT2D eigenvalue weighted by atomic mass is 127. The monoisotopic (exact) mass is 465 g/mol. The van der Waals surface area contributed by atoms with Gasteiger partial charge in [0.15, 0.2) is 5.11 Å². The van der Waals surface area contributed by atoms with Crippen LogP contribution in [0.25, 0.3) is 0 Å². The van der Waals surface area contributed by atoms with Gasteiger partial charge in [0.2, 0.25) is 0 Å². The Hall–Kier alpha value is -2.26. The van der Waals surface area contributed by atoms with E-state index in [-0.39, 0.29) is 16.9 Å². The highest BCUT2D eigenvalue weighted by Crippen LogP contribution is 2.15. The van der Waals surface area contributed by atoms with Crippen molar-refractivity contribution in [1.82, 2.24) is 10.6 Å². The second kappa shape index (κ2) is 9.28. The zero-order chi connectivity index (χ0) is 18.2. The topological polar surface area (TPSA) is 70.2 Å². The number of anilines is 1. The van der Waals surface area contributed by atoms with Crippen molar-refractivity contribution < 1.29 is 9.59 Å². The van der Waals surface area contributed by atoms with Crippen molar-refractivity contribution in [2.45, 2.75) is 0 Å². The van der Waals surface area contributed by atoms with E-state index in [1.165, 1.54) is 0 Å². The molecule has 25 heavy (non-hydrogen) atoms. The maximum atomic E-state index is 12.2. The van der Waals surface area contributed by atoms with Gasteiger partial charge in [-0.05, 0) is 65.1 Å². The van der Waals surface area contributed by atoms with E-state index in [1.807, 2.05) is 6.07 Å². The molecule has 0 fully saturated rings. The van der Waals surface area contributed by atoms with Crippen LogP contribution >= 0.6 is 34.8 Å². The number of halogens is 1. The Kier molecular flexibility index (Phi) is 7.08. The van der Waals surface area contributed by atoms with Gasteiger partial charge in [0.05, 0.1) is 11.3 Å². The van der Waals surface area contributed by atoms with Crippen LogP contribution in [-0.2, 0) is 0 Å². The van der Waals surface area contributed by atoms with Crippen molar-refractivity contribution in [2.75, 3.05) is 11.9 Å². The molecule has 0 aliphatic carbocycles. The molecule has 0 aliphatic rings. The molecular formula is C18H16IN3O2S. The van der Waals surface area contributed by atoms with Gasteiger partial charge in [-0.25, -0.2) is 0 Å². The van der Waals surface area contributed by atoms with Crippen LogP contribution < -0.4 is 16.0 Å². The number of benzene rings is 2. The van der Waals surface area contributed by atoms with Crippen molar-refractivity contribution in [3.05, 3.63) is 75.9 Å². The third kappa shape index (κ3) is 5.64. The fourth-order valence-corrected chi connectivity index (χ4v) is 2.75. The molecule has 0 bridgehead atoms. The summed E-state index contributed by atoms with van der Waals surface area (Å²) in [6.45, 7) is 3.93. The maximum Gasteiger partial charge on any atom is 0.257 e. The quantitative estimate of drug-likeness (QED) is 0.360. The number of nitrogens with one attached hydrogen (secondary N) is 3. The molecule has 0 saturated heterocycles. The van der Waals surface area contributed by atoms with E-state index in [0.717, 1.165) is 3.57 Å². The van der Waals surface area contributed by atoms with Crippen molar-refractivity contribution in [3.63, 3.8) is 0 Å². The molecule has 128 valence electrons. The molecule has 0 atom stereocenters. The number of rotatable bonds is 5. The highest BCUT2D eigenvalue weighted by molar-refractivity contribution is 14.1. The summed E-state index contributed by atoms with van der Waals surface area (Å²) >= 11 is 7.32. The van der Waals surface area contributed by atoms with Crippen LogP contribution in [0.2, 0.25) is 0 Å². The van der Waals surface area contributed by atoms with E-state index >= 15 is 0 Å². The molecule has 0 spiro atoms. The van der Waals surface area contributed by atoms with Gasteiger partial charge in [-0.3, -0.25) is 14.9 Å². The molecular weight excluding hydrogens is 449 g/mol. The number of carbonyl (C=O) groups is 2. The molecule has 2 aromatic carbocycles. The lowest BCUT2D eigenvalue weighted by Crippen LogP contribution is -2.35. The molecule has 2 rings (SSSR count). The summed E-state index contributed by atoms with van der Waals surface area (Å²) in [5.41, 5.74) is 1.44. The van der Waals surface area contributed by atoms with Gasteiger partial charge in [0, 0.05) is 15.7 Å². The van der Waals surface area contributed by atoms with E-state index in [1.54, 1.807) is 48.5 Å². The number of hydrogen-bond donors (Lipinski definition) is 3. The lowest BCUT2D eigenvalue weighted by atomic mass is 10.1. The van der Waals surface area contributed by atoms with Crippen LogP contribution in [0.1, 0.15) is 20.7 Å². The number of thiocarbonyl (C=S) groups is 1. The zero-order valence-electron chi connectivity index (χ0n) is 13.2. The van der Waals surface area contributed by atoms with Gasteiger partial charge >= 0.3 is 0 Å². The van der Waals surface area contributed by atoms with Crippen LogP contribution in [0, 0.1) is 3.57 Å². The van der Waals surface area contributed by atoms with E-state index in [4.69, 9.17) is 12.2 Å². The number of para-hydroxylation sites is 1. The first-order chi connectivity index (χ1) is 12.0. The SMILES string of the molecule is C=CCNC(=O)c1ccccc1NC(=S)NC(=O)c1cccc(I)c1. The smallest absolute Gasteiger partial charge is 0.257 e. The summed E-state index contributed by atoms with van der Waals surface area (Å²) in [7, 11) is 0. The van der Waals surface area contributed by atoms with E-state index < -0.39 is 0 Å². The van der Waals surface area contributed by atoms with E-state index in [9.17, 15) is 9.59 Å². The van der Waals surface area contributed by atoms with Crippen LogP contribution in [0.15, 0.2) is 61.2 Å². The second-order valence-electron chi connectivity index (χ2n) is 4.96. The number of carbonyl (C=O) groups excluding carboxylic acids is 2. The molecule has 2 aromatic rings. The second-order valence-corrected chi connectivity index (χ2v) is 6.62. The zero-order valence-corrected chi connectivity index (χ0v) is 16.2. The van der Waals surface area contributed by atoms with Crippen molar-refractivity contribution in [1.29, 1.82) is 0 Å². The molecule has 0 radical (unpaired) electrons. The minimum absolute atomic E-state index is 0.118. The Morgan fingerprint density at radius 1 is 1.12 bits per heavy atom. The summed E-state index contributed by atoms with van der Waals surface area (Å²) in [5, 5.41) is 8.33. The van der Waals surface area contributed by atoms with Crippen LogP contribution in [0.4, 0.5) is 5.69 Å². The van der Waals surface area contributed by atoms with Crippen LogP contribution in [-0.4, -0.2) is 23.5 Å². The predicted molar refractivity (Wildman–Crippen MR) is 112 cm³/mol. The molecule has 7 heteroatoms. The Labute approximate surface area is 165 Å².